The van der Waals surface area contributed by atoms with E-state index in [2.05, 4.69) is 5.32 Å². The first kappa shape index (κ1) is 18.3. The SMILES string of the molecule is CCOc1ccc(NC(=O)c2ccc(C)c([N+](=O)[O-])c2)cc1OCC. The molecule has 0 aliphatic carbocycles. The van der Waals surface area contributed by atoms with Crippen molar-refractivity contribution >= 4 is 17.3 Å². The lowest BCUT2D eigenvalue weighted by atomic mass is 10.1. The molecule has 0 saturated carbocycles. The van der Waals surface area contributed by atoms with Crippen molar-refractivity contribution in [3.8, 4) is 11.5 Å². The molecule has 0 spiro atoms. The Morgan fingerprint density at radius 2 is 1.76 bits per heavy atom. The maximum Gasteiger partial charge on any atom is 0.273 e. The lowest BCUT2D eigenvalue weighted by molar-refractivity contribution is -0.385. The number of aryl methyl sites for hydroxylation is 1. The molecule has 0 radical (unpaired) electrons. The second kappa shape index (κ2) is 8.14. The van der Waals surface area contributed by atoms with Crippen LogP contribution in [0.2, 0.25) is 0 Å². The van der Waals surface area contributed by atoms with E-state index in [1.807, 2.05) is 13.8 Å². The van der Waals surface area contributed by atoms with Crippen LogP contribution in [-0.4, -0.2) is 24.0 Å². The van der Waals surface area contributed by atoms with Gasteiger partial charge in [-0.3, -0.25) is 14.9 Å². The average Bonchev–Trinajstić information content (AvgIpc) is 2.57. The highest BCUT2D eigenvalue weighted by atomic mass is 16.6. The normalized spacial score (nSPS) is 10.2. The molecule has 2 rings (SSSR count). The number of anilines is 1. The number of nitrogens with zero attached hydrogens (tertiary/aromatic N) is 1. The summed E-state index contributed by atoms with van der Waals surface area (Å²) in [5, 5.41) is 13.7. The van der Waals surface area contributed by atoms with Crippen molar-refractivity contribution in [3.05, 3.63) is 57.6 Å². The van der Waals surface area contributed by atoms with Gasteiger partial charge in [-0.15, -0.1) is 0 Å². The number of ether oxygens (including phenoxy) is 2. The first-order chi connectivity index (χ1) is 12.0. The Kier molecular flexibility index (Phi) is 5.94. The van der Waals surface area contributed by atoms with Gasteiger partial charge >= 0.3 is 0 Å². The molecule has 2 aromatic rings. The molecule has 0 bridgehead atoms. The van der Waals surface area contributed by atoms with E-state index in [9.17, 15) is 14.9 Å². The smallest absolute Gasteiger partial charge is 0.273 e. The first-order valence-corrected chi connectivity index (χ1v) is 7.92. The van der Waals surface area contributed by atoms with E-state index < -0.39 is 10.8 Å². The van der Waals surface area contributed by atoms with E-state index in [0.717, 1.165) is 0 Å². The molecule has 1 N–H and O–H groups in total. The van der Waals surface area contributed by atoms with Gasteiger partial charge in [0.15, 0.2) is 11.5 Å². The number of nitro benzene ring substituents is 1. The van der Waals surface area contributed by atoms with Crippen molar-refractivity contribution in [2.75, 3.05) is 18.5 Å². The van der Waals surface area contributed by atoms with Gasteiger partial charge in [-0.1, -0.05) is 6.07 Å². The van der Waals surface area contributed by atoms with E-state index in [0.29, 0.717) is 36.0 Å². The lowest BCUT2D eigenvalue weighted by Gasteiger charge is -2.13. The Hall–Kier alpha value is -3.09. The van der Waals surface area contributed by atoms with Crippen LogP contribution >= 0.6 is 0 Å². The molecule has 0 unspecified atom stereocenters. The number of nitro groups is 1. The quantitative estimate of drug-likeness (QED) is 0.606. The van der Waals surface area contributed by atoms with Crippen LogP contribution in [0.15, 0.2) is 36.4 Å². The summed E-state index contributed by atoms with van der Waals surface area (Å²) in [4.78, 5) is 22.9. The third kappa shape index (κ3) is 4.47. The standard InChI is InChI=1S/C18H20N2O5/c1-4-24-16-9-8-14(11-17(16)25-5-2)19-18(21)13-7-6-12(3)15(10-13)20(22)23/h6-11H,4-5H2,1-3H3,(H,19,21). The zero-order valence-electron chi connectivity index (χ0n) is 14.4. The topological polar surface area (TPSA) is 90.7 Å². The number of carbonyl (C=O) groups excluding carboxylic acids is 1. The molecule has 0 aromatic heterocycles. The highest BCUT2D eigenvalue weighted by Crippen LogP contribution is 2.31. The van der Waals surface area contributed by atoms with Gasteiger partial charge in [-0.25, -0.2) is 0 Å². The average molecular weight is 344 g/mol. The number of hydrogen-bond acceptors (Lipinski definition) is 5. The van der Waals surface area contributed by atoms with E-state index in [1.54, 1.807) is 37.3 Å². The van der Waals surface area contributed by atoms with Crippen LogP contribution in [0.25, 0.3) is 0 Å². The van der Waals surface area contributed by atoms with Gasteiger partial charge in [-0.2, -0.15) is 0 Å². The van der Waals surface area contributed by atoms with Gasteiger partial charge in [-0.05, 0) is 39.0 Å². The highest BCUT2D eigenvalue weighted by molar-refractivity contribution is 6.04. The van der Waals surface area contributed by atoms with Gasteiger partial charge in [0.25, 0.3) is 11.6 Å². The Bertz CT molecular complexity index is 789. The molecule has 0 fully saturated rings. The molecular weight excluding hydrogens is 324 g/mol. The van der Waals surface area contributed by atoms with Crippen LogP contribution in [-0.2, 0) is 0 Å². The van der Waals surface area contributed by atoms with Gasteiger partial charge in [0.05, 0.1) is 18.1 Å². The molecular formula is C18H20N2O5. The zero-order chi connectivity index (χ0) is 18.4. The van der Waals surface area contributed by atoms with Crippen molar-refractivity contribution in [2.45, 2.75) is 20.8 Å². The predicted octanol–water partition coefficient (Wildman–Crippen LogP) is 3.95. The van der Waals surface area contributed by atoms with Crippen LogP contribution in [0.4, 0.5) is 11.4 Å². The molecule has 0 heterocycles. The van der Waals surface area contributed by atoms with Crippen LogP contribution in [0.5, 0.6) is 11.5 Å². The number of rotatable bonds is 7. The predicted molar refractivity (Wildman–Crippen MR) is 94.6 cm³/mol. The molecule has 132 valence electrons. The van der Waals surface area contributed by atoms with E-state index in [1.165, 1.54) is 6.07 Å². The summed E-state index contributed by atoms with van der Waals surface area (Å²) in [7, 11) is 0. The first-order valence-electron chi connectivity index (χ1n) is 7.92. The fourth-order valence-electron chi connectivity index (χ4n) is 2.28. The Labute approximate surface area is 145 Å². The molecule has 25 heavy (non-hydrogen) atoms. The van der Waals surface area contributed by atoms with Crippen molar-refractivity contribution in [1.82, 2.24) is 0 Å². The second-order valence-electron chi connectivity index (χ2n) is 5.24. The summed E-state index contributed by atoms with van der Waals surface area (Å²) in [5.41, 5.74) is 1.14. The minimum Gasteiger partial charge on any atom is -0.490 e. The molecule has 0 aliphatic heterocycles. The molecule has 7 nitrogen and oxygen atoms in total. The summed E-state index contributed by atoms with van der Waals surface area (Å²) < 4.78 is 11.0. The van der Waals surface area contributed by atoms with E-state index in [4.69, 9.17) is 9.47 Å². The van der Waals surface area contributed by atoms with E-state index in [-0.39, 0.29) is 11.3 Å². The summed E-state index contributed by atoms with van der Waals surface area (Å²) in [6, 6.07) is 9.43. The van der Waals surface area contributed by atoms with Gasteiger partial charge in [0.1, 0.15) is 0 Å². The largest absolute Gasteiger partial charge is 0.490 e. The van der Waals surface area contributed by atoms with Crippen molar-refractivity contribution in [3.63, 3.8) is 0 Å². The number of amides is 1. The third-order valence-electron chi connectivity index (χ3n) is 3.47. The van der Waals surface area contributed by atoms with Crippen LogP contribution < -0.4 is 14.8 Å². The fourth-order valence-corrected chi connectivity index (χ4v) is 2.28. The van der Waals surface area contributed by atoms with Gasteiger partial charge in [0.2, 0.25) is 0 Å². The minimum atomic E-state index is -0.504. The maximum atomic E-state index is 12.4. The molecule has 2 aromatic carbocycles. The van der Waals surface area contributed by atoms with Crippen LogP contribution in [0.1, 0.15) is 29.8 Å². The Balaban J connectivity index is 2.24. The molecule has 0 saturated heterocycles. The highest BCUT2D eigenvalue weighted by Gasteiger charge is 2.16. The number of hydrogen-bond donors (Lipinski definition) is 1. The fraction of sp³-hybridized carbons (Fsp3) is 0.278. The Morgan fingerprint density at radius 3 is 2.40 bits per heavy atom. The molecule has 0 atom stereocenters. The number of nitrogens with one attached hydrogen (secondary N) is 1. The van der Waals surface area contributed by atoms with Crippen molar-refractivity contribution in [2.24, 2.45) is 0 Å². The van der Waals surface area contributed by atoms with E-state index >= 15 is 0 Å². The Morgan fingerprint density at radius 1 is 1.08 bits per heavy atom. The monoisotopic (exact) mass is 344 g/mol. The second-order valence-corrected chi connectivity index (χ2v) is 5.24. The third-order valence-corrected chi connectivity index (χ3v) is 3.47. The van der Waals surface area contributed by atoms with Gasteiger partial charge in [0, 0.05) is 28.9 Å². The summed E-state index contributed by atoms with van der Waals surface area (Å²) in [6.45, 7) is 6.31. The lowest BCUT2D eigenvalue weighted by Crippen LogP contribution is -2.12. The molecule has 0 aliphatic rings. The van der Waals surface area contributed by atoms with Crippen molar-refractivity contribution < 1.29 is 19.2 Å². The van der Waals surface area contributed by atoms with Crippen LogP contribution in [0, 0.1) is 17.0 Å². The van der Waals surface area contributed by atoms with Crippen molar-refractivity contribution in [1.29, 1.82) is 0 Å². The summed E-state index contributed by atoms with van der Waals surface area (Å²) in [5.74, 6) is 0.681. The summed E-state index contributed by atoms with van der Waals surface area (Å²) >= 11 is 0. The molecule has 7 heteroatoms. The minimum absolute atomic E-state index is 0.0886. The summed E-state index contributed by atoms with van der Waals surface area (Å²) in [6.07, 6.45) is 0. The molecule has 1 amide bonds. The maximum absolute atomic E-state index is 12.4. The zero-order valence-corrected chi connectivity index (χ0v) is 14.4. The van der Waals surface area contributed by atoms with Crippen LogP contribution in [0.3, 0.4) is 0 Å². The number of benzene rings is 2. The van der Waals surface area contributed by atoms with Gasteiger partial charge < -0.3 is 14.8 Å². The number of carbonyl (C=O) groups is 1.